The normalized spacial score (nSPS) is 11.8. The van der Waals surface area contributed by atoms with Crippen LogP contribution in [0.3, 0.4) is 0 Å². The van der Waals surface area contributed by atoms with E-state index in [-0.39, 0.29) is 5.56 Å². The maximum atomic E-state index is 14.3. The first kappa shape index (κ1) is 13.0. The number of benzene rings is 1. The lowest BCUT2D eigenvalue weighted by molar-refractivity contribution is 0.494. The van der Waals surface area contributed by atoms with E-state index >= 15 is 0 Å². The molecule has 5 heteroatoms. The molecule has 3 aromatic rings. The highest BCUT2D eigenvalue weighted by Gasteiger charge is 2.23. The lowest BCUT2D eigenvalue weighted by Gasteiger charge is -2.15. The smallest absolute Gasteiger partial charge is 0.128 e. The van der Waals surface area contributed by atoms with Gasteiger partial charge in [-0.25, -0.2) is 14.4 Å². The Morgan fingerprint density at radius 2 is 2.00 bits per heavy atom. The minimum absolute atomic E-state index is 0.277. The molecule has 0 spiro atoms. The maximum Gasteiger partial charge on any atom is 0.128 e. The van der Waals surface area contributed by atoms with Crippen molar-refractivity contribution in [1.29, 1.82) is 5.26 Å². The van der Waals surface area contributed by atoms with Gasteiger partial charge in [-0.05, 0) is 24.3 Å². The van der Waals surface area contributed by atoms with Crippen LogP contribution in [0.5, 0.6) is 0 Å². The van der Waals surface area contributed by atoms with Gasteiger partial charge < -0.3 is 4.42 Å². The van der Waals surface area contributed by atoms with Crippen molar-refractivity contribution in [3.63, 3.8) is 0 Å². The molecule has 0 saturated carbocycles. The first-order chi connectivity index (χ1) is 10.3. The van der Waals surface area contributed by atoms with E-state index in [9.17, 15) is 4.39 Å². The summed E-state index contributed by atoms with van der Waals surface area (Å²) in [6.45, 7) is 0. The lowest BCUT2D eigenvalue weighted by atomic mass is 9.90. The molecular formula is C16H10FN3O. The summed E-state index contributed by atoms with van der Waals surface area (Å²) < 4.78 is 19.8. The van der Waals surface area contributed by atoms with Crippen LogP contribution in [0.1, 0.15) is 28.4 Å². The first-order valence-corrected chi connectivity index (χ1v) is 6.27. The van der Waals surface area contributed by atoms with Crippen LogP contribution in [-0.2, 0) is 0 Å². The SMILES string of the molecule is N#Cc1ccc(C(c2cncnc2)c2ccco2)c(F)c1. The molecule has 21 heavy (non-hydrogen) atoms. The Hall–Kier alpha value is -3.00. The van der Waals surface area contributed by atoms with Crippen molar-refractivity contribution in [1.82, 2.24) is 9.97 Å². The molecule has 1 unspecified atom stereocenters. The first-order valence-electron chi connectivity index (χ1n) is 6.27. The zero-order chi connectivity index (χ0) is 14.7. The number of hydrogen-bond acceptors (Lipinski definition) is 4. The third-order valence-electron chi connectivity index (χ3n) is 3.18. The van der Waals surface area contributed by atoms with Crippen molar-refractivity contribution in [3.8, 4) is 6.07 Å². The fourth-order valence-electron chi connectivity index (χ4n) is 2.24. The zero-order valence-corrected chi connectivity index (χ0v) is 10.9. The molecule has 0 amide bonds. The Bertz CT molecular complexity index is 779. The second-order valence-electron chi connectivity index (χ2n) is 4.47. The standard InChI is InChI=1S/C16H10FN3O/c17-14-6-11(7-18)3-4-13(14)16(15-2-1-5-21-15)12-8-19-10-20-9-12/h1-6,8-10,16H. The number of aromatic nitrogens is 2. The number of nitriles is 1. The molecule has 2 heterocycles. The number of halogens is 1. The van der Waals surface area contributed by atoms with Gasteiger partial charge in [0.1, 0.15) is 17.9 Å². The van der Waals surface area contributed by atoms with Gasteiger partial charge in [0, 0.05) is 23.5 Å². The molecule has 0 aliphatic carbocycles. The molecule has 4 nitrogen and oxygen atoms in total. The lowest BCUT2D eigenvalue weighted by Crippen LogP contribution is -2.06. The van der Waals surface area contributed by atoms with Crippen molar-refractivity contribution in [2.75, 3.05) is 0 Å². The van der Waals surface area contributed by atoms with Gasteiger partial charge in [0.05, 0.1) is 23.8 Å². The van der Waals surface area contributed by atoms with E-state index in [2.05, 4.69) is 9.97 Å². The van der Waals surface area contributed by atoms with E-state index in [0.29, 0.717) is 11.3 Å². The highest BCUT2D eigenvalue weighted by molar-refractivity contribution is 5.42. The fourth-order valence-corrected chi connectivity index (χ4v) is 2.24. The van der Waals surface area contributed by atoms with E-state index < -0.39 is 11.7 Å². The molecule has 0 N–H and O–H groups in total. The molecule has 0 aliphatic heterocycles. The van der Waals surface area contributed by atoms with Gasteiger partial charge >= 0.3 is 0 Å². The predicted molar refractivity (Wildman–Crippen MR) is 72.8 cm³/mol. The van der Waals surface area contributed by atoms with Gasteiger partial charge in [-0.3, -0.25) is 0 Å². The van der Waals surface area contributed by atoms with Crippen LogP contribution in [0.25, 0.3) is 0 Å². The zero-order valence-electron chi connectivity index (χ0n) is 10.9. The monoisotopic (exact) mass is 279 g/mol. The molecule has 1 atom stereocenters. The Balaban J connectivity index is 2.15. The highest BCUT2D eigenvalue weighted by Crippen LogP contribution is 2.33. The molecule has 0 radical (unpaired) electrons. The quantitative estimate of drug-likeness (QED) is 0.738. The van der Waals surface area contributed by atoms with Crippen molar-refractivity contribution in [3.05, 3.63) is 83.6 Å². The molecule has 2 aromatic heterocycles. The van der Waals surface area contributed by atoms with Gasteiger partial charge in [-0.15, -0.1) is 0 Å². The van der Waals surface area contributed by atoms with Crippen LogP contribution in [0.2, 0.25) is 0 Å². The van der Waals surface area contributed by atoms with E-state index in [1.54, 1.807) is 36.7 Å². The Labute approximate surface area is 120 Å². The third-order valence-corrected chi connectivity index (χ3v) is 3.18. The summed E-state index contributed by atoms with van der Waals surface area (Å²) >= 11 is 0. The fraction of sp³-hybridized carbons (Fsp3) is 0.0625. The summed E-state index contributed by atoms with van der Waals surface area (Å²) in [5.74, 6) is -0.318. The summed E-state index contributed by atoms with van der Waals surface area (Å²) in [4.78, 5) is 7.95. The largest absolute Gasteiger partial charge is 0.468 e. The van der Waals surface area contributed by atoms with Gasteiger partial charge in [0.25, 0.3) is 0 Å². The van der Waals surface area contributed by atoms with E-state index in [0.717, 1.165) is 5.56 Å². The van der Waals surface area contributed by atoms with Gasteiger partial charge in [-0.2, -0.15) is 5.26 Å². The van der Waals surface area contributed by atoms with Gasteiger partial charge in [-0.1, -0.05) is 6.07 Å². The summed E-state index contributed by atoms with van der Waals surface area (Å²) in [5, 5.41) is 8.84. The van der Waals surface area contributed by atoms with Crippen LogP contribution < -0.4 is 0 Å². The molecule has 0 saturated heterocycles. The second kappa shape index (κ2) is 5.55. The molecular weight excluding hydrogens is 269 g/mol. The molecule has 102 valence electrons. The summed E-state index contributed by atoms with van der Waals surface area (Å²) in [5.41, 5.74) is 1.41. The van der Waals surface area contributed by atoms with Crippen molar-refractivity contribution >= 4 is 0 Å². The molecule has 1 aromatic carbocycles. The number of hydrogen-bond donors (Lipinski definition) is 0. The van der Waals surface area contributed by atoms with Gasteiger partial charge in [0.2, 0.25) is 0 Å². The Morgan fingerprint density at radius 3 is 2.62 bits per heavy atom. The molecule has 0 bridgehead atoms. The molecule has 3 rings (SSSR count). The van der Waals surface area contributed by atoms with E-state index in [4.69, 9.17) is 9.68 Å². The van der Waals surface area contributed by atoms with Gasteiger partial charge in [0.15, 0.2) is 0 Å². The van der Waals surface area contributed by atoms with E-state index in [1.165, 1.54) is 18.7 Å². The molecule has 0 aliphatic rings. The summed E-state index contributed by atoms with van der Waals surface area (Å²) in [7, 11) is 0. The Morgan fingerprint density at radius 1 is 1.19 bits per heavy atom. The van der Waals surface area contributed by atoms with Crippen LogP contribution in [0, 0.1) is 17.1 Å². The molecule has 0 fully saturated rings. The Kier molecular flexibility index (Phi) is 3.44. The second-order valence-corrected chi connectivity index (χ2v) is 4.47. The van der Waals surface area contributed by atoms with Crippen molar-refractivity contribution < 1.29 is 8.81 Å². The summed E-state index contributed by atoms with van der Waals surface area (Å²) in [6.07, 6.45) is 6.20. The van der Waals surface area contributed by atoms with Crippen molar-refractivity contribution in [2.24, 2.45) is 0 Å². The third kappa shape index (κ3) is 2.51. The van der Waals surface area contributed by atoms with Crippen molar-refractivity contribution in [2.45, 2.75) is 5.92 Å². The minimum atomic E-state index is -0.459. The van der Waals surface area contributed by atoms with Crippen LogP contribution in [-0.4, -0.2) is 9.97 Å². The van der Waals surface area contributed by atoms with Crippen LogP contribution in [0.15, 0.2) is 59.7 Å². The van der Waals surface area contributed by atoms with Crippen LogP contribution in [0.4, 0.5) is 4.39 Å². The number of nitrogens with zero attached hydrogens (tertiary/aromatic N) is 3. The maximum absolute atomic E-state index is 14.3. The number of furan rings is 1. The highest BCUT2D eigenvalue weighted by atomic mass is 19.1. The van der Waals surface area contributed by atoms with E-state index in [1.807, 2.05) is 6.07 Å². The topological polar surface area (TPSA) is 62.7 Å². The minimum Gasteiger partial charge on any atom is -0.468 e. The number of rotatable bonds is 3. The summed E-state index contributed by atoms with van der Waals surface area (Å²) in [6, 6.07) is 9.83. The predicted octanol–water partition coefficient (Wildman–Crippen LogP) is 3.26. The average Bonchev–Trinajstić information content (AvgIpc) is 3.04. The van der Waals surface area contributed by atoms with Crippen LogP contribution >= 0.6 is 0 Å². The average molecular weight is 279 g/mol.